The van der Waals surface area contributed by atoms with Crippen LogP contribution in [-0.4, -0.2) is 9.97 Å². The zero-order valence-corrected chi connectivity index (χ0v) is 12.8. The average Bonchev–Trinajstić information content (AvgIpc) is 2.53. The van der Waals surface area contributed by atoms with Gasteiger partial charge in [0.1, 0.15) is 0 Å². The Morgan fingerprint density at radius 3 is 2.57 bits per heavy atom. The van der Waals surface area contributed by atoms with Crippen LogP contribution in [0.5, 0.6) is 0 Å². The summed E-state index contributed by atoms with van der Waals surface area (Å²) in [6, 6.07) is 14.7. The second kappa shape index (κ2) is 5.65. The predicted molar refractivity (Wildman–Crippen MR) is 88.4 cm³/mol. The van der Waals surface area contributed by atoms with E-state index in [0.29, 0.717) is 5.92 Å². The fourth-order valence-corrected chi connectivity index (χ4v) is 2.58. The number of benzene rings is 2. The van der Waals surface area contributed by atoms with Gasteiger partial charge in [-0.2, -0.15) is 0 Å². The van der Waals surface area contributed by atoms with Crippen molar-refractivity contribution >= 4 is 11.0 Å². The minimum atomic E-state index is 0.567. The molecule has 2 nitrogen and oxygen atoms in total. The van der Waals surface area contributed by atoms with E-state index in [-0.39, 0.29) is 0 Å². The summed E-state index contributed by atoms with van der Waals surface area (Å²) in [6.07, 6.45) is 3.02. The molecule has 0 saturated carbocycles. The highest BCUT2D eigenvalue weighted by Gasteiger charge is 2.08. The lowest BCUT2D eigenvalue weighted by Gasteiger charge is -2.12. The topological polar surface area (TPSA) is 25.8 Å². The first-order valence-corrected chi connectivity index (χ1v) is 7.51. The van der Waals surface area contributed by atoms with Crippen LogP contribution in [0, 0.1) is 6.92 Å². The SMILES string of the molecule is CCC(C)c1cc(C)cc(-c2cnc3ccccc3n2)c1. The average molecular weight is 276 g/mol. The van der Waals surface area contributed by atoms with Gasteiger partial charge in [0.15, 0.2) is 0 Å². The molecule has 21 heavy (non-hydrogen) atoms. The summed E-state index contributed by atoms with van der Waals surface area (Å²) < 4.78 is 0. The van der Waals surface area contributed by atoms with E-state index < -0.39 is 0 Å². The lowest BCUT2D eigenvalue weighted by molar-refractivity contribution is 0.733. The molecule has 3 aromatic rings. The molecule has 1 aromatic heterocycles. The molecule has 0 N–H and O–H groups in total. The van der Waals surface area contributed by atoms with Gasteiger partial charge in [-0.15, -0.1) is 0 Å². The fraction of sp³-hybridized carbons (Fsp3) is 0.263. The van der Waals surface area contributed by atoms with Crippen LogP contribution in [0.4, 0.5) is 0 Å². The van der Waals surface area contributed by atoms with Gasteiger partial charge < -0.3 is 0 Å². The first-order valence-electron chi connectivity index (χ1n) is 7.51. The van der Waals surface area contributed by atoms with E-state index >= 15 is 0 Å². The summed E-state index contributed by atoms with van der Waals surface area (Å²) in [7, 11) is 0. The van der Waals surface area contributed by atoms with E-state index in [2.05, 4.69) is 44.0 Å². The van der Waals surface area contributed by atoms with Gasteiger partial charge in [0, 0.05) is 5.56 Å². The normalized spacial score (nSPS) is 12.5. The van der Waals surface area contributed by atoms with Crippen LogP contribution in [0.3, 0.4) is 0 Å². The summed E-state index contributed by atoms with van der Waals surface area (Å²) in [4.78, 5) is 9.27. The highest BCUT2D eigenvalue weighted by molar-refractivity contribution is 5.77. The number of hydrogen-bond donors (Lipinski definition) is 0. The molecule has 0 aliphatic heterocycles. The van der Waals surface area contributed by atoms with E-state index in [4.69, 9.17) is 4.98 Å². The molecular weight excluding hydrogens is 256 g/mol. The minimum absolute atomic E-state index is 0.567. The smallest absolute Gasteiger partial charge is 0.0894 e. The first kappa shape index (κ1) is 13.7. The zero-order valence-electron chi connectivity index (χ0n) is 12.8. The van der Waals surface area contributed by atoms with Gasteiger partial charge in [-0.1, -0.05) is 37.6 Å². The fourth-order valence-electron chi connectivity index (χ4n) is 2.58. The van der Waals surface area contributed by atoms with Crippen LogP contribution in [-0.2, 0) is 0 Å². The number of fused-ring (bicyclic) bond motifs is 1. The van der Waals surface area contributed by atoms with Crippen LogP contribution in [0.1, 0.15) is 37.3 Å². The van der Waals surface area contributed by atoms with Gasteiger partial charge in [0.05, 0.1) is 22.9 Å². The third-order valence-corrected chi connectivity index (χ3v) is 4.03. The third-order valence-electron chi connectivity index (χ3n) is 4.03. The van der Waals surface area contributed by atoms with Gasteiger partial charge >= 0.3 is 0 Å². The summed E-state index contributed by atoms with van der Waals surface area (Å²) in [5, 5.41) is 0. The molecule has 0 spiro atoms. The minimum Gasteiger partial charge on any atom is -0.252 e. The molecule has 1 unspecified atom stereocenters. The number of nitrogens with zero attached hydrogens (tertiary/aromatic N) is 2. The van der Waals surface area contributed by atoms with Crippen molar-refractivity contribution in [2.45, 2.75) is 33.1 Å². The largest absolute Gasteiger partial charge is 0.252 e. The van der Waals surface area contributed by atoms with Crippen molar-refractivity contribution in [1.29, 1.82) is 0 Å². The maximum atomic E-state index is 4.75. The van der Waals surface area contributed by atoms with Crippen molar-refractivity contribution in [3.05, 3.63) is 59.8 Å². The number of aromatic nitrogens is 2. The maximum absolute atomic E-state index is 4.75. The molecule has 1 heterocycles. The summed E-state index contributed by atoms with van der Waals surface area (Å²) in [6.45, 7) is 6.64. The van der Waals surface area contributed by atoms with E-state index in [0.717, 1.165) is 28.7 Å². The monoisotopic (exact) mass is 276 g/mol. The van der Waals surface area contributed by atoms with E-state index in [9.17, 15) is 0 Å². The second-order valence-electron chi connectivity index (χ2n) is 5.69. The molecule has 0 fully saturated rings. The highest BCUT2D eigenvalue weighted by atomic mass is 14.8. The van der Waals surface area contributed by atoms with Gasteiger partial charge in [0.25, 0.3) is 0 Å². The quantitative estimate of drug-likeness (QED) is 0.663. The van der Waals surface area contributed by atoms with Crippen molar-refractivity contribution in [2.75, 3.05) is 0 Å². The lowest BCUT2D eigenvalue weighted by atomic mass is 9.94. The Hall–Kier alpha value is -2.22. The lowest BCUT2D eigenvalue weighted by Crippen LogP contribution is -1.95. The van der Waals surface area contributed by atoms with Crippen LogP contribution < -0.4 is 0 Å². The van der Waals surface area contributed by atoms with Crippen LogP contribution in [0.15, 0.2) is 48.7 Å². The van der Waals surface area contributed by atoms with Crippen molar-refractivity contribution in [3.63, 3.8) is 0 Å². The second-order valence-corrected chi connectivity index (χ2v) is 5.69. The molecule has 0 saturated heterocycles. The van der Waals surface area contributed by atoms with Gasteiger partial charge in [-0.25, -0.2) is 4.98 Å². The maximum Gasteiger partial charge on any atom is 0.0894 e. The van der Waals surface area contributed by atoms with Crippen LogP contribution >= 0.6 is 0 Å². The standard InChI is InChI=1S/C19H20N2/c1-4-14(3)15-9-13(2)10-16(11-15)19-12-20-17-7-5-6-8-18(17)21-19/h5-12,14H,4H2,1-3H3. The number of para-hydroxylation sites is 2. The molecule has 2 aromatic carbocycles. The zero-order chi connectivity index (χ0) is 14.8. The molecule has 2 heteroatoms. The molecule has 0 amide bonds. The van der Waals surface area contributed by atoms with Crippen LogP contribution in [0.2, 0.25) is 0 Å². The van der Waals surface area contributed by atoms with Crippen LogP contribution in [0.25, 0.3) is 22.3 Å². The van der Waals surface area contributed by atoms with Crippen molar-refractivity contribution in [2.24, 2.45) is 0 Å². The Morgan fingerprint density at radius 1 is 1.05 bits per heavy atom. The summed E-state index contributed by atoms with van der Waals surface area (Å²) in [5.41, 5.74) is 6.64. The van der Waals surface area contributed by atoms with Crippen molar-refractivity contribution < 1.29 is 0 Å². The highest BCUT2D eigenvalue weighted by Crippen LogP contribution is 2.27. The van der Waals surface area contributed by atoms with Crippen molar-refractivity contribution in [3.8, 4) is 11.3 Å². The molecule has 3 rings (SSSR count). The van der Waals surface area contributed by atoms with E-state index in [1.165, 1.54) is 11.1 Å². The molecule has 1 atom stereocenters. The number of aryl methyl sites for hydroxylation is 1. The number of hydrogen-bond acceptors (Lipinski definition) is 2. The van der Waals surface area contributed by atoms with Gasteiger partial charge in [0.2, 0.25) is 0 Å². The Kier molecular flexibility index (Phi) is 3.70. The van der Waals surface area contributed by atoms with Gasteiger partial charge in [-0.05, 0) is 49.1 Å². The Bertz CT molecular complexity index is 777. The third kappa shape index (κ3) is 2.80. The first-order chi connectivity index (χ1) is 10.2. The van der Waals surface area contributed by atoms with Crippen molar-refractivity contribution in [1.82, 2.24) is 9.97 Å². The van der Waals surface area contributed by atoms with Gasteiger partial charge in [-0.3, -0.25) is 4.98 Å². The summed E-state index contributed by atoms with van der Waals surface area (Å²) >= 11 is 0. The predicted octanol–water partition coefficient (Wildman–Crippen LogP) is 5.12. The molecule has 0 aliphatic rings. The Balaban J connectivity index is 2.11. The summed E-state index contributed by atoms with van der Waals surface area (Å²) in [5.74, 6) is 0.567. The Morgan fingerprint density at radius 2 is 1.81 bits per heavy atom. The molecular formula is C19H20N2. The van der Waals surface area contributed by atoms with E-state index in [1.54, 1.807) is 0 Å². The Labute approximate surface area is 125 Å². The molecule has 0 radical (unpaired) electrons. The molecule has 0 aliphatic carbocycles. The number of rotatable bonds is 3. The van der Waals surface area contributed by atoms with E-state index in [1.807, 2.05) is 30.5 Å². The molecule has 106 valence electrons. The molecule has 0 bridgehead atoms.